The normalized spacial score (nSPS) is 12.8. The molecule has 20 heavy (non-hydrogen) atoms. The van der Waals surface area contributed by atoms with Gasteiger partial charge in [0.05, 0.1) is 6.54 Å². The first-order valence-electron chi connectivity index (χ1n) is 7.02. The minimum Gasteiger partial charge on any atom is -0.396 e. The topological polar surface area (TPSA) is 41.3 Å². The van der Waals surface area contributed by atoms with Gasteiger partial charge in [-0.3, -0.25) is 4.90 Å². The first-order valence-corrected chi connectivity index (χ1v) is 7.02. The molecule has 2 aromatic rings. The van der Waals surface area contributed by atoms with Gasteiger partial charge in [-0.2, -0.15) is 0 Å². The molecule has 0 bridgehead atoms. The summed E-state index contributed by atoms with van der Waals surface area (Å²) in [5, 5.41) is 9.28. The number of rotatable bonds is 7. The van der Waals surface area contributed by atoms with Gasteiger partial charge in [0, 0.05) is 39.1 Å². The maximum atomic E-state index is 9.28. The fraction of sp³-hybridized carbons (Fsp3) is 0.438. The van der Waals surface area contributed by atoms with Crippen molar-refractivity contribution in [3.63, 3.8) is 0 Å². The smallest absolute Gasteiger partial charge is 0.122 e. The second-order valence-electron chi connectivity index (χ2n) is 5.40. The number of aromatic nitrogens is 2. The van der Waals surface area contributed by atoms with Crippen LogP contribution in [0.3, 0.4) is 0 Å². The van der Waals surface area contributed by atoms with Crippen molar-refractivity contribution in [3.8, 4) is 0 Å². The Bertz CT molecular complexity index is 509. The lowest BCUT2D eigenvalue weighted by Crippen LogP contribution is -2.30. The van der Waals surface area contributed by atoms with Gasteiger partial charge >= 0.3 is 0 Å². The third-order valence-electron chi connectivity index (χ3n) is 3.42. The third kappa shape index (κ3) is 4.18. The highest BCUT2D eigenvalue weighted by Crippen LogP contribution is 2.11. The summed E-state index contributed by atoms with van der Waals surface area (Å²) in [5.41, 5.74) is 1.28. The number of hydrogen-bond acceptors (Lipinski definition) is 3. The fourth-order valence-electron chi connectivity index (χ4n) is 2.27. The average molecular weight is 273 g/mol. The lowest BCUT2D eigenvalue weighted by atomic mass is 10.1. The largest absolute Gasteiger partial charge is 0.396 e. The molecule has 0 aliphatic heterocycles. The van der Waals surface area contributed by atoms with Crippen LogP contribution in [0.15, 0.2) is 42.7 Å². The van der Waals surface area contributed by atoms with Crippen LogP contribution in [0.25, 0.3) is 0 Å². The Kier molecular flexibility index (Phi) is 5.32. The van der Waals surface area contributed by atoms with Crippen LogP contribution < -0.4 is 0 Å². The van der Waals surface area contributed by atoms with Gasteiger partial charge in [-0.05, 0) is 11.5 Å². The van der Waals surface area contributed by atoms with E-state index in [1.165, 1.54) is 5.56 Å². The van der Waals surface area contributed by atoms with Crippen molar-refractivity contribution in [1.82, 2.24) is 14.5 Å². The third-order valence-corrected chi connectivity index (χ3v) is 3.42. The minimum absolute atomic E-state index is 0.214. The molecule has 0 saturated carbocycles. The van der Waals surface area contributed by atoms with Crippen LogP contribution in [-0.2, 0) is 20.1 Å². The molecule has 0 radical (unpaired) electrons. The molecular weight excluding hydrogens is 250 g/mol. The highest BCUT2D eigenvalue weighted by molar-refractivity contribution is 5.14. The standard InChI is InChI=1S/C16H23N3O/c1-14(13-20)10-19(11-15-6-4-3-5-7-15)12-16-17-8-9-18(16)2/h3-9,14,20H,10-13H2,1-2H3/t14-/m1/s1. The molecule has 0 unspecified atom stereocenters. The Morgan fingerprint density at radius 3 is 2.60 bits per heavy atom. The van der Waals surface area contributed by atoms with E-state index in [9.17, 15) is 5.11 Å². The molecule has 108 valence electrons. The number of hydrogen-bond donors (Lipinski definition) is 1. The quantitative estimate of drug-likeness (QED) is 0.839. The minimum atomic E-state index is 0.214. The summed E-state index contributed by atoms with van der Waals surface area (Å²) in [6.07, 6.45) is 3.79. The van der Waals surface area contributed by atoms with Crippen molar-refractivity contribution in [3.05, 3.63) is 54.1 Å². The molecule has 0 aliphatic carbocycles. The summed E-state index contributed by atoms with van der Waals surface area (Å²) in [6.45, 7) is 4.81. The van der Waals surface area contributed by atoms with Crippen molar-refractivity contribution in [1.29, 1.82) is 0 Å². The van der Waals surface area contributed by atoms with E-state index in [2.05, 4.69) is 41.1 Å². The van der Waals surface area contributed by atoms with E-state index in [0.29, 0.717) is 0 Å². The van der Waals surface area contributed by atoms with E-state index in [1.54, 1.807) is 0 Å². The molecule has 0 spiro atoms. The summed E-state index contributed by atoms with van der Waals surface area (Å²) in [7, 11) is 2.01. The summed E-state index contributed by atoms with van der Waals surface area (Å²) in [4.78, 5) is 6.72. The number of benzene rings is 1. The second kappa shape index (κ2) is 7.22. The van der Waals surface area contributed by atoms with Gasteiger partial charge in [0.2, 0.25) is 0 Å². The lowest BCUT2D eigenvalue weighted by Gasteiger charge is -2.24. The molecule has 0 aliphatic rings. The predicted molar refractivity (Wildman–Crippen MR) is 80.0 cm³/mol. The zero-order chi connectivity index (χ0) is 14.4. The molecule has 1 atom stereocenters. The highest BCUT2D eigenvalue weighted by atomic mass is 16.3. The Labute approximate surface area is 120 Å². The average Bonchev–Trinajstić information content (AvgIpc) is 2.85. The molecule has 4 nitrogen and oxygen atoms in total. The van der Waals surface area contributed by atoms with Gasteiger partial charge in [-0.15, -0.1) is 0 Å². The first kappa shape index (κ1) is 14.8. The van der Waals surface area contributed by atoms with E-state index in [-0.39, 0.29) is 12.5 Å². The zero-order valence-electron chi connectivity index (χ0n) is 12.2. The number of aliphatic hydroxyl groups is 1. The van der Waals surface area contributed by atoms with Gasteiger partial charge in [-0.1, -0.05) is 37.3 Å². The van der Waals surface area contributed by atoms with Crippen LogP contribution in [0, 0.1) is 5.92 Å². The van der Waals surface area contributed by atoms with Crippen LogP contribution >= 0.6 is 0 Å². The highest BCUT2D eigenvalue weighted by Gasteiger charge is 2.13. The molecule has 1 heterocycles. The molecular formula is C16H23N3O. The Morgan fingerprint density at radius 2 is 2.00 bits per heavy atom. The van der Waals surface area contributed by atoms with Gasteiger partial charge in [0.1, 0.15) is 5.82 Å². The van der Waals surface area contributed by atoms with Gasteiger partial charge in [-0.25, -0.2) is 4.98 Å². The SMILES string of the molecule is C[C@@H](CO)CN(Cc1ccccc1)Cc1nccn1C. The molecule has 4 heteroatoms. The van der Waals surface area contributed by atoms with Crippen molar-refractivity contribution < 1.29 is 5.11 Å². The molecule has 1 N–H and O–H groups in total. The second-order valence-corrected chi connectivity index (χ2v) is 5.40. The predicted octanol–water partition coefficient (Wildman–Crippen LogP) is 2.05. The van der Waals surface area contributed by atoms with Gasteiger partial charge < -0.3 is 9.67 Å². The van der Waals surface area contributed by atoms with Crippen LogP contribution in [-0.4, -0.2) is 32.7 Å². The number of imidazole rings is 1. The number of aryl methyl sites for hydroxylation is 1. The molecule has 0 fully saturated rings. The number of aliphatic hydroxyl groups excluding tert-OH is 1. The maximum absolute atomic E-state index is 9.28. The van der Waals surface area contributed by atoms with E-state index in [4.69, 9.17) is 0 Å². The number of nitrogens with zero attached hydrogens (tertiary/aromatic N) is 3. The van der Waals surface area contributed by atoms with Gasteiger partial charge in [0.15, 0.2) is 0 Å². The summed E-state index contributed by atoms with van der Waals surface area (Å²) < 4.78 is 2.04. The lowest BCUT2D eigenvalue weighted by molar-refractivity contribution is 0.160. The van der Waals surface area contributed by atoms with Crippen LogP contribution in [0.2, 0.25) is 0 Å². The molecule has 2 rings (SSSR count). The van der Waals surface area contributed by atoms with Crippen LogP contribution in [0.5, 0.6) is 0 Å². The molecule has 1 aromatic carbocycles. The fourth-order valence-corrected chi connectivity index (χ4v) is 2.27. The summed E-state index contributed by atoms with van der Waals surface area (Å²) in [6, 6.07) is 10.4. The van der Waals surface area contributed by atoms with E-state index in [0.717, 1.165) is 25.5 Å². The van der Waals surface area contributed by atoms with Crippen molar-refractivity contribution >= 4 is 0 Å². The Morgan fingerprint density at radius 1 is 1.25 bits per heavy atom. The van der Waals surface area contributed by atoms with E-state index >= 15 is 0 Å². The van der Waals surface area contributed by atoms with E-state index < -0.39 is 0 Å². The Hall–Kier alpha value is -1.65. The molecule has 0 saturated heterocycles. The van der Waals surface area contributed by atoms with E-state index in [1.807, 2.05) is 30.1 Å². The van der Waals surface area contributed by atoms with Gasteiger partial charge in [0.25, 0.3) is 0 Å². The summed E-state index contributed by atoms with van der Waals surface area (Å²) in [5.74, 6) is 1.31. The Balaban J connectivity index is 2.06. The van der Waals surface area contributed by atoms with Crippen molar-refractivity contribution in [2.45, 2.75) is 20.0 Å². The van der Waals surface area contributed by atoms with Crippen LogP contribution in [0.1, 0.15) is 18.3 Å². The van der Waals surface area contributed by atoms with Crippen molar-refractivity contribution in [2.24, 2.45) is 13.0 Å². The maximum Gasteiger partial charge on any atom is 0.122 e. The first-order chi connectivity index (χ1) is 9.69. The summed E-state index contributed by atoms with van der Waals surface area (Å²) >= 11 is 0. The monoisotopic (exact) mass is 273 g/mol. The molecule has 0 amide bonds. The van der Waals surface area contributed by atoms with Crippen LogP contribution in [0.4, 0.5) is 0 Å². The zero-order valence-corrected chi connectivity index (χ0v) is 12.2. The molecule has 1 aromatic heterocycles. The van der Waals surface area contributed by atoms with Crippen molar-refractivity contribution in [2.75, 3.05) is 13.2 Å².